The first-order valence-electron chi connectivity index (χ1n) is 33.2. The van der Waals surface area contributed by atoms with Gasteiger partial charge in [-0.1, -0.05) is 312 Å². The van der Waals surface area contributed by atoms with E-state index in [-0.39, 0.29) is 19.1 Å². The molecule has 3 atom stereocenters. The van der Waals surface area contributed by atoms with Crippen molar-refractivity contribution in [2.45, 2.75) is 328 Å². The maximum Gasteiger partial charge on any atom is 0.472 e. The third-order valence-corrected chi connectivity index (χ3v) is 16.0. The van der Waals surface area contributed by atoms with Crippen molar-refractivity contribution in [3.05, 3.63) is 60.8 Å². The summed E-state index contributed by atoms with van der Waals surface area (Å²) in [6, 6.07) is -0.761. The number of carbonyl (C=O) groups excluding carboxylic acids is 1. The number of amides is 1. The average molecular weight is 1100 g/mol. The molecule has 0 aliphatic rings. The number of quaternary nitrogens is 1. The first-order valence-corrected chi connectivity index (χ1v) is 34.6. The number of phosphoric ester groups is 1. The Hall–Kier alpha value is -1.80. The molecular formula is C68H130N2O6P+. The lowest BCUT2D eigenvalue weighted by Gasteiger charge is -2.26. The van der Waals surface area contributed by atoms with E-state index in [0.717, 1.165) is 70.6 Å². The van der Waals surface area contributed by atoms with Crippen molar-refractivity contribution in [2.24, 2.45) is 0 Å². The number of nitrogens with one attached hydrogen (secondary N) is 1. The molecule has 0 saturated heterocycles. The maximum absolute atomic E-state index is 13.0. The summed E-state index contributed by atoms with van der Waals surface area (Å²) in [6.45, 7) is 4.81. The summed E-state index contributed by atoms with van der Waals surface area (Å²) >= 11 is 0. The molecule has 0 radical (unpaired) electrons. The minimum absolute atomic E-state index is 0.0758. The molecule has 3 unspecified atom stereocenters. The van der Waals surface area contributed by atoms with Crippen LogP contribution in [0.1, 0.15) is 316 Å². The van der Waals surface area contributed by atoms with E-state index in [0.29, 0.717) is 23.9 Å². The SMILES string of the molecule is CC/C=C\C/C=C\C/C=C\C/C=C\C/C=C\CCCCCCCCCCCCCCCCCCCCCCCC(=O)NC(COP(=O)(O)OCC[N+](C)(C)C)C(O)CCCCCCCCCCCCCCCCCCCC. The standard InChI is InChI=1S/C68H129N2O6P/c1-6-8-10-12-14-16-18-20-22-24-26-27-28-29-30-31-32-33-34-35-36-37-38-39-40-41-42-43-44-46-48-50-52-54-56-58-60-62-68(72)69-66(65-76-77(73,74)75-64-63-70(3,4)5)67(71)61-59-57-55-53-51-49-47-45-25-23-21-19-17-15-13-11-9-7-2/h8,10,14,16,20,22,26-27,29-30,66-67,71H,6-7,9,11-13,15,17-19,21,23-25,28,31-65H2,1-5H3,(H-,69,72,73,74)/p+1/b10-8-,16-14-,22-20-,27-26-,30-29-. The zero-order valence-corrected chi connectivity index (χ0v) is 52.6. The zero-order chi connectivity index (χ0) is 56.3. The van der Waals surface area contributed by atoms with E-state index >= 15 is 0 Å². The van der Waals surface area contributed by atoms with Gasteiger partial charge < -0.3 is 19.8 Å². The second-order valence-electron chi connectivity index (χ2n) is 23.8. The number of aliphatic hydroxyl groups is 1. The van der Waals surface area contributed by atoms with Gasteiger partial charge in [0.25, 0.3) is 0 Å². The topological polar surface area (TPSA) is 105 Å². The Kier molecular flexibility index (Phi) is 57.5. The lowest BCUT2D eigenvalue weighted by Crippen LogP contribution is -2.46. The first kappa shape index (κ1) is 75.2. The summed E-state index contributed by atoms with van der Waals surface area (Å²) < 4.78 is 23.8. The van der Waals surface area contributed by atoms with E-state index in [9.17, 15) is 19.4 Å². The Bertz CT molecular complexity index is 1440. The molecule has 8 nitrogen and oxygen atoms in total. The number of phosphoric acid groups is 1. The van der Waals surface area contributed by atoms with Crippen LogP contribution in [-0.2, 0) is 18.4 Å². The minimum Gasteiger partial charge on any atom is -0.391 e. The van der Waals surface area contributed by atoms with Crippen LogP contribution in [0.15, 0.2) is 60.8 Å². The van der Waals surface area contributed by atoms with Gasteiger partial charge in [0.2, 0.25) is 5.91 Å². The van der Waals surface area contributed by atoms with Gasteiger partial charge >= 0.3 is 7.82 Å². The van der Waals surface area contributed by atoms with Gasteiger partial charge in [-0.05, 0) is 57.8 Å². The summed E-state index contributed by atoms with van der Waals surface area (Å²) in [5.74, 6) is -0.139. The van der Waals surface area contributed by atoms with E-state index in [1.165, 1.54) is 218 Å². The molecular weight excluding hydrogens is 972 g/mol. The zero-order valence-electron chi connectivity index (χ0n) is 51.7. The number of hydrogen-bond acceptors (Lipinski definition) is 5. The van der Waals surface area contributed by atoms with E-state index in [1.54, 1.807) is 0 Å². The van der Waals surface area contributed by atoms with E-state index < -0.39 is 20.0 Å². The summed E-state index contributed by atoms with van der Waals surface area (Å²) in [7, 11) is 1.63. The van der Waals surface area contributed by atoms with Gasteiger partial charge in [-0.25, -0.2) is 4.57 Å². The predicted octanol–water partition coefficient (Wildman–Crippen LogP) is 20.8. The van der Waals surface area contributed by atoms with Crippen LogP contribution in [0.5, 0.6) is 0 Å². The third kappa shape index (κ3) is 61.7. The van der Waals surface area contributed by atoms with Crippen LogP contribution in [0.4, 0.5) is 0 Å². The molecule has 0 fully saturated rings. The minimum atomic E-state index is -4.33. The highest BCUT2D eigenvalue weighted by atomic mass is 31.2. The second-order valence-corrected chi connectivity index (χ2v) is 25.3. The Morgan fingerprint density at radius 2 is 0.779 bits per heavy atom. The van der Waals surface area contributed by atoms with Gasteiger partial charge in [0.1, 0.15) is 13.2 Å². The monoisotopic (exact) mass is 1100 g/mol. The largest absolute Gasteiger partial charge is 0.472 e. The van der Waals surface area contributed by atoms with Gasteiger partial charge in [0, 0.05) is 6.42 Å². The summed E-state index contributed by atoms with van der Waals surface area (Å²) in [5, 5.41) is 14.1. The molecule has 0 aromatic carbocycles. The molecule has 0 bridgehead atoms. The third-order valence-electron chi connectivity index (χ3n) is 15.0. The highest BCUT2D eigenvalue weighted by Gasteiger charge is 2.28. The van der Waals surface area contributed by atoms with Gasteiger partial charge in [0.15, 0.2) is 0 Å². The van der Waals surface area contributed by atoms with Crippen molar-refractivity contribution in [1.29, 1.82) is 0 Å². The molecule has 9 heteroatoms. The summed E-state index contributed by atoms with van der Waals surface area (Å²) in [4.78, 5) is 23.4. The molecule has 452 valence electrons. The fourth-order valence-electron chi connectivity index (χ4n) is 9.90. The van der Waals surface area contributed by atoms with E-state index in [1.807, 2.05) is 21.1 Å². The molecule has 77 heavy (non-hydrogen) atoms. The lowest BCUT2D eigenvalue weighted by atomic mass is 10.0. The lowest BCUT2D eigenvalue weighted by molar-refractivity contribution is -0.870. The smallest absolute Gasteiger partial charge is 0.391 e. The van der Waals surface area contributed by atoms with Crippen molar-refractivity contribution in [3.8, 4) is 0 Å². The van der Waals surface area contributed by atoms with Crippen molar-refractivity contribution in [2.75, 3.05) is 40.9 Å². The summed E-state index contributed by atoms with van der Waals surface area (Å²) in [6.07, 6.45) is 80.2. The van der Waals surface area contributed by atoms with Gasteiger partial charge in [-0.3, -0.25) is 13.8 Å². The molecule has 0 heterocycles. The maximum atomic E-state index is 13.0. The number of hydrogen-bond donors (Lipinski definition) is 3. The van der Waals surface area contributed by atoms with Crippen molar-refractivity contribution >= 4 is 13.7 Å². The number of unbranched alkanes of at least 4 members (excludes halogenated alkanes) is 38. The van der Waals surface area contributed by atoms with Crippen LogP contribution in [0.2, 0.25) is 0 Å². The van der Waals surface area contributed by atoms with Crippen molar-refractivity contribution < 1.29 is 32.9 Å². The molecule has 0 aliphatic heterocycles. The van der Waals surface area contributed by atoms with Crippen LogP contribution in [-0.4, -0.2) is 73.4 Å². The van der Waals surface area contributed by atoms with Gasteiger partial charge in [-0.15, -0.1) is 0 Å². The Balaban J connectivity index is 3.95. The number of carbonyl (C=O) groups is 1. The molecule has 0 spiro atoms. The Morgan fingerprint density at radius 1 is 0.455 bits per heavy atom. The first-order chi connectivity index (χ1) is 37.5. The molecule has 0 saturated carbocycles. The fraction of sp³-hybridized carbons (Fsp3) is 0.838. The van der Waals surface area contributed by atoms with Crippen LogP contribution in [0.25, 0.3) is 0 Å². The highest BCUT2D eigenvalue weighted by Crippen LogP contribution is 2.43. The molecule has 1 amide bonds. The molecule has 3 N–H and O–H groups in total. The second kappa shape index (κ2) is 58.8. The fourth-order valence-corrected chi connectivity index (χ4v) is 10.6. The Morgan fingerprint density at radius 3 is 1.14 bits per heavy atom. The van der Waals surface area contributed by atoms with E-state index in [2.05, 4.69) is 79.9 Å². The van der Waals surface area contributed by atoms with Crippen LogP contribution in [0, 0.1) is 0 Å². The normalized spacial score (nSPS) is 14.1. The molecule has 0 aromatic rings. The number of allylic oxidation sites excluding steroid dienone is 10. The quantitative estimate of drug-likeness (QED) is 0.0243. The molecule has 0 aliphatic carbocycles. The van der Waals surface area contributed by atoms with Crippen LogP contribution < -0.4 is 5.32 Å². The average Bonchev–Trinajstić information content (AvgIpc) is 3.39. The van der Waals surface area contributed by atoms with E-state index in [4.69, 9.17) is 9.05 Å². The number of nitrogens with zero attached hydrogens (tertiary/aromatic N) is 1. The van der Waals surface area contributed by atoms with Gasteiger partial charge in [-0.2, -0.15) is 0 Å². The van der Waals surface area contributed by atoms with Gasteiger partial charge in [0.05, 0.1) is 39.9 Å². The van der Waals surface area contributed by atoms with Crippen LogP contribution in [0.3, 0.4) is 0 Å². The molecule has 0 rings (SSSR count). The number of likely N-dealkylation sites (N-methyl/N-ethyl adjacent to an activating group) is 1. The van der Waals surface area contributed by atoms with Crippen molar-refractivity contribution in [3.63, 3.8) is 0 Å². The Labute approximate surface area is 479 Å². The molecule has 0 aromatic heterocycles. The van der Waals surface area contributed by atoms with Crippen molar-refractivity contribution in [1.82, 2.24) is 5.32 Å². The highest BCUT2D eigenvalue weighted by molar-refractivity contribution is 7.47. The predicted molar refractivity (Wildman–Crippen MR) is 337 cm³/mol. The van der Waals surface area contributed by atoms with Crippen LogP contribution >= 0.6 is 7.82 Å². The summed E-state index contributed by atoms with van der Waals surface area (Å²) in [5.41, 5.74) is 0. The number of aliphatic hydroxyl groups excluding tert-OH is 1. The number of rotatable bonds is 61.